The van der Waals surface area contributed by atoms with Gasteiger partial charge in [0.1, 0.15) is 0 Å². The summed E-state index contributed by atoms with van der Waals surface area (Å²) in [6.07, 6.45) is 1.18. The van der Waals surface area contributed by atoms with Gasteiger partial charge in [-0.15, -0.1) is 0 Å². The summed E-state index contributed by atoms with van der Waals surface area (Å²) in [5, 5.41) is 4.45. The van der Waals surface area contributed by atoms with Crippen LogP contribution in [0.15, 0.2) is 18.2 Å². The Morgan fingerprint density at radius 1 is 1.29 bits per heavy atom. The van der Waals surface area contributed by atoms with Gasteiger partial charge in [0.2, 0.25) is 0 Å². The highest BCUT2D eigenvalue weighted by Gasteiger charge is 2.18. The molecule has 0 spiro atoms. The van der Waals surface area contributed by atoms with Crippen LogP contribution in [0.1, 0.15) is 25.8 Å². The third-order valence-corrected chi connectivity index (χ3v) is 3.82. The Labute approximate surface area is 109 Å². The van der Waals surface area contributed by atoms with E-state index in [-0.39, 0.29) is 0 Å². The molecule has 2 unspecified atom stereocenters. The summed E-state index contributed by atoms with van der Waals surface area (Å²) in [5.74, 6) is 0. The van der Waals surface area contributed by atoms with Crippen LogP contribution in [0, 0.1) is 6.92 Å². The van der Waals surface area contributed by atoms with Crippen LogP contribution in [0.3, 0.4) is 0 Å². The summed E-state index contributed by atoms with van der Waals surface area (Å²) in [6, 6.07) is 7.47. The highest BCUT2D eigenvalue weighted by Crippen LogP contribution is 2.24. The zero-order valence-corrected chi connectivity index (χ0v) is 11.6. The van der Waals surface area contributed by atoms with Crippen molar-refractivity contribution in [3.8, 4) is 0 Å². The lowest BCUT2D eigenvalue weighted by molar-refractivity contribution is 0.492. The molecule has 1 aromatic carbocycles. The second-order valence-electron chi connectivity index (χ2n) is 5.14. The molecule has 0 aromatic heterocycles. The Hall–Kier alpha value is -0.730. The first kappa shape index (κ1) is 12.7. The van der Waals surface area contributed by atoms with Gasteiger partial charge in [0, 0.05) is 35.9 Å². The Morgan fingerprint density at radius 3 is 2.76 bits per heavy atom. The maximum Gasteiger partial charge on any atom is 0.0455 e. The van der Waals surface area contributed by atoms with E-state index in [1.54, 1.807) is 0 Å². The van der Waals surface area contributed by atoms with Gasteiger partial charge in [-0.1, -0.05) is 17.7 Å². The number of hydrogen-bond donors (Lipinski definition) is 1. The van der Waals surface area contributed by atoms with Gasteiger partial charge >= 0.3 is 0 Å². The SMILES string of the molecule is Cc1ccc(N2CCC(C)NC(C)C2)cc1Cl. The Balaban J connectivity index is 2.17. The fourth-order valence-electron chi connectivity index (χ4n) is 2.41. The zero-order valence-electron chi connectivity index (χ0n) is 10.8. The highest BCUT2D eigenvalue weighted by molar-refractivity contribution is 6.31. The van der Waals surface area contributed by atoms with Crippen LogP contribution in [0.5, 0.6) is 0 Å². The summed E-state index contributed by atoms with van der Waals surface area (Å²) in [4.78, 5) is 2.42. The van der Waals surface area contributed by atoms with Crippen molar-refractivity contribution >= 4 is 17.3 Å². The molecule has 0 saturated carbocycles. The summed E-state index contributed by atoms with van der Waals surface area (Å²) < 4.78 is 0. The summed E-state index contributed by atoms with van der Waals surface area (Å²) in [6.45, 7) is 8.68. The van der Waals surface area contributed by atoms with Gasteiger partial charge in [0.05, 0.1) is 0 Å². The van der Waals surface area contributed by atoms with Gasteiger partial charge in [-0.3, -0.25) is 0 Å². The molecule has 1 N–H and O–H groups in total. The van der Waals surface area contributed by atoms with E-state index in [1.165, 1.54) is 12.1 Å². The van der Waals surface area contributed by atoms with Gasteiger partial charge in [-0.05, 0) is 44.9 Å². The molecule has 3 heteroatoms. The number of anilines is 1. The molecule has 2 nitrogen and oxygen atoms in total. The second kappa shape index (κ2) is 5.28. The molecule has 1 aliphatic rings. The monoisotopic (exact) mass is 252 g/mol. The van der Waals surface area contributed by atoms with Crippen molar-refractivity contribution in [1.82, 2.24) is 5.32 Å². The van der Waals surface area contributed by atoms with Crippen molar-refractivity contribution in [2.45, 2.75) is 39.3 Å². The standard InChI is InChI=1S/C14H21ClN2/c1-10-4-5-13(8-14(10)15)17-7-6-11(2)16-12(3)9-17/h4-5,8,11-12,16H,6-7,9H2,1-3H3. The van der Waals surface area contributed by atoms with Gasteiger partial charge in [-0.2, -0.15) is 0 Å². The summed E-state index contributed by atoms with van der Waals surface area (Å²) in [7, 11) is 0. The second-order valence-corrected chi connectivity index (χ2v) is 5.54. The molecule has 0 bridgehead atoms. The molecule has 0 radical (unpaired) electrons. The first-order chi connectivity index (χ1) is 8.06. The highest BCUT2D eigenvalue weighted by atomic mass is 35.5. The largest absolute Gasteiger partial charge is 0.370 e. The minimum absolute atomic E-state index is 0.521. The lowest BCUT2D eigenvalue weighted by Crippen LogP contribution is -2.37. The van der Waals surface area contributed by atoms with Crippen molar-refractivity contribution in [2.75, 3.05) is 18.0 Å². The number of halogens is 1. The number of nitrogens with zero attached hydrogens (tertiary/aromatic N) is 1. The molecule has 2 atom stereocenters. The van der Waals surface area contributed by atoms with E-state index in [0.717, 1.165) is 23.7 Å². The molecule has 1 fully saturated rings. The van der Waals surface area contributed by atoms with Crippen molar-refractivity contribution in [2.24, 2.45) is 0 Å². The molecule has 0 amide bonds. The molecule has 94 valence electrons. The molecular weight excluding hydrogens is 232 g/mol. The van der Waals surface area contributed by atoms with E-state index < -0.39 is 0 Å². The fourth-order valence-corrected chi connectivity index (χ4v) is 2.58. The number of nitrogens with one attached hydrogen (secondary N) is 1. The van der Waals surface area contributed by atoms with E-state index in [1.807, 2.05) is 6.92 Å². The van der Waals surface area contributed by atoms with Gasteiger partial charge < -0.3 is 10.2 Å². The third-order valence-electron chi connectivity index (χ3n) is 3.42. The Kier molecular flexibility index (Phi) is 3.95. The van der Waals surface area contributed by atoms with Crippen molar-refractivity contribution < 1.29 is 0 Å². The average Bonchev–Trinajstić information content (AvgIpc) is 2.43. The van der Waals surface area contributed by atoms with Crippen molar-refractivity contribution in [3.05, 3.63) is 28.8 Å². The lowest BCUT2D eigenvalue weighted by atomic mass is 10.2. The maximum atomic E-state index is 6.20. The van der Waals surface area contributed by atoms with Crippen molar-refractivity contribution in [1.29, 1.82) is 0 Å². The first-order valence-corrected chi connectivity index (χ1v) is 6.71. The molecule has 1 aliphatic heterocycles. The number of rotatable bonds is 1. The minimum atomic E-state index is 0.521. The van der Waals surface area contributed by atoms with Crippen molar-refractivity contribution in [3.63, 3.8) is 0 Å². The molecule has 1 heterocycles. The predicted octanol–water partition coefficient (Wildman–Crippen LogP) is 3.23. The molecule has 1 saturated heterocycles. The van der Waals surface area contributed by atoms with E-state index in [9.17, 15) is 0 Å². The van der Waals surface area contributed by atoms with Crippen LogP contribution in [-0.4, -0.2) is 25.2 Å². The maximum absolute atomic E-state index is 6.20. The van der Waals surface area contributed by atoms with E-state index in [0.29, 0.717) is 12.1 Å². The van der Waals surface area contributed by atoms with Crippen LogP contribution in [0.2, 0.25) is 5.02 Å². The Bertz CT molecular complexity index is 392. The molecular formula is C14H21ClN2. The quantitative estimate of drug-likeness (QED) is 0.826. The minimum Gasteiger partial charge on any atom is -0.370 e. The summed E-state index contributed by atoms with van der Waals surface area (Å²) >= 11 is 6.20. The molecule has 17 heavy (non-hydrogen) atoms. The van der Waals surface area contributed by atoms with Gasteiger partial charge in [0.25, 0.3) is 0 Å². The molecule has 2 rings (SSSR count). The third kappa shape index (κ3) is 3.14. The number of benzene rings is 1. The normalized spacial score (nSPS) is 25.8. The summed E-state index contributed by atoms with van der Waals surface area (Å²) in [5.41, 5.74) is 2.38. The number of hydrogen-bond acceptors (Lipinski definition) is 2. The van der Waals surface area contributed by atoms with E-state index in [2.05, 4.69) is 42.3 Å². The van der Waals surface area contributed by atoms with Crippen LogP contribution >= 0.6 is 11.6 Å². The van der Waals surface area contributed by atoms with Crippen LogP contribution in [0.4, 0.5) is 5.69 Å². The lowest BCUT2D eigenvalue weighted by Gasteiger charge is -2.25. The zero-order chi connectivity index (χ0) is 12.4. The van der Waals surface area contributed by atoms with E-state index >= 15 is 0 Å². The smallest absolute Gasteiger partial charge is 0.0455 e. The topological polar surface area (TPSA) is 15.3 Å². The first-order valence-electron chi connectivity index (χ1n) is 6.33. The Morgan fingerprint density at radius 2 is 2.06 bits per heavy atom. The fraction of sp³-hybridized carbons (Fsp3) is 0.571. The van der Waals surface area contributed by atoms with E-state index in [4.69, 9.17) is 11.6 Å². The van der Waals surface area contributed by atoms with Gasteiger partial charge in [0.15, 0.2) is 0 Å². The number of aryl methyl sites for hydroxylation is 1. The predicted molar refractivity (Wildman–Crippen MR) is 75.1 cm³/mol. The molecule has 0 aliphatic carbocycles. The van der Waals surface area contributed by atoms with Gasteiger partial charge in [-0.25, -0.2) is 0 Å². The van der Waals surface area contributed by atoms with Crippen LogP contribution in [-0.2, 0) is 0 Å². The average molecular weight is 253 g/mol. The molecule has 1 aromatic rings. The van der Waals surface area contributed by atoms with Crippen LogP contribution < -0.4 is 10.2 Å². The van der Waals surface area contributed by atoms with Crippen LogP contribution in [0.25, 0.3) is 0 Å².